The average molecular weight is 407 g/mol. The molecule has 1 fully saturated rings. The molecular weight excluding hydrogens is 386 g/mol. The number of carbonyl (C=O) groups excluding carboxylic acids is 3. The third-order valence-corrected chi connectivity index (χ3v) is 5.29. The summed E-state index contributed by atoms with van der Waals surface area (Å²) in [5.74, 6) is -0.728. The van der Waals surface area contributed by atoms with Gasteiger partial charge in [-0.15, -0.1) is 0 Å². The van der Waals surface area contributed by atoms with Crippen molar-refractivity contribution in [2.75, 3.05) is 5.32 Å². The molecule has 9 nitrogen and oxygen atoms in total. The number of urea groups is 1. The number of pyridine rings is 1. The Hall–Kier alpha value is -3.93. The molecule has 4 amide bonds. The molecule has 1 aliphatic heterocycles. The molecule has 0 aliphatic carbocycles. The van der Waals surface area contributed by atoms with Crippen LogP contribution in [0.1, 0.15) is 41.3 Å². The fourth-order valence-corrected chi connectivity index (χ4v) is 3.54. The number of aromatic amines is 1. The SMILES string of the molecule is Cc1[nH]c(=O)c(C#N)c(C)c1CCC(=O)Nc1cccc(C2(C)NC(=O)NC2=O)c1. The third-order valence-electron chi connectivity index (χ3n) is 5.29. The molecule has 0 bridgehead atoms. The van der Waals surface area contributed by atoms with E-state index in [1.54, 1.807) is 45.0 Å². The van der Waals surface area contributed by atoms with Crippen molar-refractivity contribution in [3.05, 3.63) is 62.6 Å². The summed E-state index contributed by atoms with van der Waals surface area (Å²) in [6, 6.07) is 8.02. The first kappa shape index (κ1) is 20.8. The Balaban J connectivity index is 1.73. The van der Waals surface area contributed by atoms with Crippen molar-refractivity contribution in [1.82, 2.24) is 15.6 Å². The molecule has 4 N–H and O–H groups in total. The summed E-state index contributed by atoms with van der Waals surface area (Å²) in [5.41, 5.74) is 1.38. The van der Waals surface area contributed by atoms with Gasteiger partial charge in [0.2, 0.25) is 5.91 Å². The fraction of sp³-hybridized carbons (Fsp3) is 0.286. The molecule has 0 radical (unpaired) electrons. The summed E-state index contributed by atoms with van der Waals surface area (Å²) in [4.78, 5) is 50.5. The smallest absolute Gasteiger partial charge is 0.322 e. The number of aromatic nitrogens is 1. The average Bonchev–Trinajstić information content (AvgIpc) is 2.94. The molecule has 1 saturated heterocycles. The number of amides is 4. The topological polar surface area (TPSA) is 144 Å². The molecule has 1 atom stereocenters. The second-order valence-electron chi connectivity index (χ2n) is 7.33. The molecule has 3 rings (SSSR count). The highest BCUT2D eigenvalue weighted by atomic mass is 16.2. The highest BCUT2D eigenvalue weighted by Gasteiger charge is 2.43. The van der Waals surface area contributed by atoms with Crippen molar-refractivity contribution in [3.8, 4) is 6.07 Å². The Bertz CT molecular complexity index is 1160. The van der Waals surface area contributed by atoms with Gasteiger partial charge in [-0.25, -0.2) is 4.79 Å². The lowest BCUT2D eigenvalue weighted by Gasteiger charge is -2.21. The molecule has 0 spiro atoms. The second kappa shape index (κ2) is 7.83. The minimum Gasteiger partial charge on any atom is -0.326 e. The van der Waals surface area contributed by atoms with E-state index in [9.17, 15) is 19.2 Å². The number of imide groups is 1. The zero-order valence-electron chi connectivity index (χ0n) is 16.8. The van der Waals surface area contributed by atoms with Crippen LogP contribution in [0.5, 0.6) is 0 Å². The number of carbonyl (C=O) groups is 3. The van der Waals surface area contributed by atoms with Crippen molar-refractivity contribution in [1.29, 1.82) is 5.26 Å². The van der Waals surface area contributed by atoms with E-state index >= 15 is 0 Å². The van der Waals surface area contributed by atoms with E-state index in [0.29, 0.717) is 28.9 Å². The fourth-order valence-electron chi connectivity index (χ4n) is 3.54. The highest BCUT2D eigenvalue weighted by Crippen LogP contribution is 2.26. The van der Waals surface area contributed by atoms with Crippen LogP contribution in [0.2, 0.25) is 0 Å². The van der Waals surface area contributed by atoms with Gasteiger partial charge >= 0.3 is 6.03 Å². The molecule has 0 saturated carbocycles. The largest absolute Gasteiger partial charge is 0.326 e. The highest BCUT2D eigenvalue weighted by molar-refractivity contribution is 6.07. The first-order chi connectivity index (χ1) is 14.2. The van der Waals surface area contributed by atoms with Crippen LogP contribution < -0.4 is 21.5 Å². The van der Waals surface area contributed by atoms with Gasteiger partial charge in [0.15, 0.2) is 0 Å². The normalized spacial score (nSPS) is 17.8. The van der Waals surface area contributed by atoms with Gasteiger partial charge in [0.05, 0.1) is 0 Å². The van der Waals surface area contributed by atoms with Gasteiger partial charge in [-0.3, -0.25) is 19.7 Å². The third kappa shape index (κ3) is 3.80. The van der Waals surface area contributed by atoms with Crippen molar-refractivity contribution < 1.29 is 14.4 Å². The Morgan fingerprint density at radius 3 is 2.60 bits per heavy atom. The zero-order chi connectivity index (χ0) is 22.1. The van der Waals surface area contributed by atoms with E-state index in [1.807, 2.05) is 6.07 Å². The lowest BCUT2D eigenvalue weighted by Crippen LogP contribution is -2.40. The Morgan fingerprint density at radius 1 is 1.23 bits per heavy atom. The van der Waals surface area contributed by atoms with Gasteiger partial charge in [0.25, 0.3) is 11.5 Å². The van der Waals surface area contributed by atoms with Crippen molar-refractivity contribution in [3.63, 3.8) is 0 Å². The minimum atomic E-state index is -1.21. The summed E-state index contributed by atoms with van der Waals surface area (Å²) in [5, 5.41) is 16.7. The molecule has 1 aromatic heterocycles. The molecule has 1 aliphatic rings. The number of H-pyrrole nitrogens is 1. The molecule has 1 aromatic carbocycles. The molecule has 1 unspecified atom stereocenters. The molecular formula is C21H21N5O4. The lowest BCUT2D eigenvalue weighted by atomic mass is 9.92. The number of nitrogens with zero attached hydrogens (tertiary/aromatic N) is 1. The van der Waals surface area contributed by atoms with E-state index < -0.39 is 23.0 Å². The van der Waals surface area contributed by atoms with Crippen molar-refractivity contribution >= 4 is 23.5 Å². The van der Waals surface area contributed by atoms with Crippen molar-refractivity contribution in [2.45, 2.75) is 39.2 Å². The van der Waals surface area contributed by atoms with Crippen LogP contribution in [0.25, 0.3) is 0 Å². The Kier molecular flexibility index (Phi) is 5.43. The molecule has 9 heteroatoms. The van der Waals surface area contributed by atoms with Crippen molar-refractivity contribution in [2.24, 2.45) is 0 Å². The monoisotopic (exact) mass is 407 g/mol. The number of nitrogens with one attached hydrogen (secondary N) is 4. The van der Waals surface area contributed by atoms with E-state index in [1.165, 1.54) is 0 Å². The van der Waals surface area contributed by atoms with Crippen LogP contribution in [0.4, 0.5) is 10.5 Å². The molecule has 154 valence electrons. The second-order valence-corrected chi connectivity index (χ2v) is 7.33. The summed E-state index contributed by atoms with van der Waals surface area (Å²) in [7, 11) is 0. The number of rotatable bonds is 5. The van der Waals surface area contributed by atoms with Gasteiger partial charge in [0, 0.05) is 17.8 Å². The number of anilines is 1. The minimum absolute atomic E-state index is 0.0499. The van der Waals surface area contributed by atoms with Crippen LogP contribution in [-0.2, 0) is 21.5 Å². The summed E-state index contributed by atoms with van der Waals surface area (Å²) in [6.45, 7) is 5.01. The van der Waals surface area contributed by atoms with Gasteiger partial charge in [0.1, 0.15) is 17.2 Å². The first-order valence-corrected chi connectivity index (χ1v) is 9.32. The van der Waals surface area contributed by atoms with Gasteiger partial charge < -0.3 is 15.6 Å². The van der Waals surface area contributed by atoms with E-state index in [0.717, 1.165) is 5.56 Å². The predicted molar refractivity (Wildman–Crippen MR) is 109 cm³/mol. The number of hydrogen-bond acceptors (Lipinski definition) is 5. The zero-order valence-corrected chi connectivity index (χ0v) is 16.8. The van der Waals surface area contributed by atoms with Crippen LogP contribution in [0.15, 0.2) is 29.1 Å². The van der Waals surface area contributed by atoms with E-state index in [2.05, 4.69) is 20.9 Å². The maximum absolute atomic E-state index is 12.5. The van der Waals surface area contributed by atoms with Crippen LogP contribution >= 0.6 is 0 Å². The summed E-state index contributed by atoms with van der Waals surface area (Å²) in [6.07, 6.45) is 0.488. The van der Waals surface area contributed by atoms with E-state index in [-0.39, 0.29) is 17.9 Å². The van der Waals surface area contributed by atoms with Crippen LogP contribution in [0.3, 0.4) is 0 Å². The summed E-state index contributed by atoms with van der Waals surface area (Å²) >= 11 is 0. The number of aryl methyl sites for hydroxylation is 1. The number of benzene rings is 1. The molecule has 2 aromatic rings. The van der Waals surface area contributed by atoms with Gasteiger partial charge in [-0.1, -0.05) is 12.1 Å². The van der Waals surface area contributed by atoms with Crippen LogP contribution in [-0.4, -0.2) is 22.8 Å². The van der Waals surface area contributed by atoms with Crippen LogP contribution in [0, 0.1) is 25.2 Å². The predicted octanol–water partition coefficient (Wildman–Crippen LogP) is 1.49. The Morgan fingerprint density at radius 2 is 1.97 bits per heavy atom. The van der Waals surface area contributed by atoms with Gasteiger partial charge in [-0.2, -0.15) is 5.26 Å². The maximum atomic E-state index is 12.5. The standard InChI is InChI=1S/C21H21N5O4/c1-11-15(12(2)23-18(28)16(11)10-22)7-8-17(27)24-14-6-4-5-13(9-14)21(3)19(29)25-20(30)26-21/h4-6,9H,7-8H2,1-3H3,(H,23,28)(H,24,27)(H2,25,26,29,30). The van der Waals surface area contributed by atoms with E-state index in [4.69, 9.17) is 5.26 Å². The summed E-state index contributed by atoms with van der Waals surface area (Å²) < 4.78 is 0. The molecule has 30 heavy (non-hydrogen) atoms. The molecule has 2 heterocycles. The van der Waals surface area contributed by atoms with Gasteiger partial charge in [-0.05, 0) is 56.0 Å². The maximum Gasteiger partial charge on any atom is 0.322 e. The lowest BCUT2D eigenvalue weighted by molar-refractivity contribution is -0.123. The first-order valence-electron chi connectivity index (χ1n) is 9.32. The number of nitriles is 1. The quantitative estimate of drug-likeness (QED) is 0.555. The number of hydrogen-bond donors (Lipinski definition) is 4. The Labute approximate surface area is 172 Å².